The van der Waals surface area contributed by atoms with Gasteiger partial charge in [-0.1, -0.05) is 0 Å². The molecule has 6 heteroatoms. The molecular weight excluding hydrogens is 254 g/mol. The van der Waals surface area contributed by atoms with Crippen LogP contribution in [-0.4, -0.2) is 53.7 Å². The predicted molar refractivity (Wildman–Crippen MR) is 79.1 cm³/mol. The lowest BCUT2D eigenvalue weighted by Crippen LogP contribution is -2.37. The van der Waals surface area contributed by atoms with Crippen LogP contribution < -0.4 is 16.2 Å². The third-order valence-corrected chi connectivity index (χ3v) is 4.12. The molecule has 0 radical (unpaired) electrons. The van der Waals surface area contributed by atoms with Gasteiger partial charge in [-0.3, -0.25) is 4.79 Å². The molecule has 0 unspecified atom stereocenters. The summed E-state index contributed by atoms with van der Waals surface area (Å²) in [6.07, 6.45) is 6.88. The van der Waals surface area contributed by atoms with E-state index in [1.54, 1.807) is 6.20 Å². The molecule has 2 N–H and O–H groups in total. The highest BCUT2D eigenvalue weighted by molar-refractivity contribution is 5.36. The molecule has 6 nitrogen and oxygen atoms in total. The zero-order valence-electron chi connectivity index (χ0n) is 11.9. The number of hydrogen-bond acceptors (Lipinski definition) is 5. The summed E-state index contributed by atoms with van der Waals surface area (Å²) in [5.74, 6) is 0.619. The molecule has 3 rings (SSSR count). The van der Waals surface area contributed by atoms with Crippen molar-refractivity contribution in [3.63, 3.8) is 0 Å². The summed E-state index contributed by atoms with van der Waals surface area (Å²) >= 11 is 0. The fourth-order valence-corrected chi connectivity index (χ4v) is 2.86. The Morgan fingerprint density at radius 2 is 2.10 bits per heavy atom. The molecule has 1 saturated heterocycles. The Bertz CT molecular complexity index is 511. The third kappa shape index (κ3) is 2.86. The minimum atomic E-state index is 0.0716. The predicted octanol–water partition coefficient (Wildman–Crippen LogP) is 0.0490. The first-order valence-corrected chi connectivity index (χ1v) is 7.54. The summed E-state index contributed by atoms with van der Waals surface area (Å²) in [4.78, 5) is 21.3. The zero-order chi connectivity index (χ0) is 13.9. The minimum Gasteiger partial charge on any atom is -0.351 e. The lowest BCUT2D eigenvalue weighted by molar-refractivity contribution is 0.302. The number of nitrogens with zero attached hydrogens (tertiary/aromatic N) is 4. The van der Waals surface area contributed by atoms with E-state index in [0.29, 0.717) is 18.4 Å². The monoisotopic (exact) mass is 277 g/mol. The zero-order valence-corrected chi connectivity index (χ0v) is 11.9. The van der Waals surface area contributed by atoms with E-state index in [0.717, 1.165) is 52.0 Å². The average molecular weight is 277 g/mol. The van der Waals surface area contributed by atoms with Crippen LogP contribution in [0.15, 0.2) is 17.2 Å². The first kappa shape index (κ1) is 13.6. The number of nitrogens with two attached hydrogens (primary N) is 1. The maximum atomic E-state index is 12.5. The third-order valence-electron chi connectivity index (χ3n) is 4.12. The van der Waals surface area contributed by atoms with Crippen molar-refractivity contribution < 1.29 is 0 Å². The molecule has 110 valence electrons. The quantitative estimate of drug-likeness (QED) is 0.842. The van der Waals surface area contributed by atoms with Gasteiger partial charge in [0.15, 0.2) is 5.82 Å². The van der Waals surface area contributed by atoms with Gasteiger partial charge >= 0.3 is 0 Å². The first-order chi connectivity index (χ1) is 9.79. The molecule has 0 aromatic carbocycles. The van der Waals surface area contributed by atoms with Crippen molar-refractivity contribution in [1.29, 1.82) is 0 Å². The maximum absolute atomic E-state index is 12.5. The van der Waals surface area contributed by atoms with Crippen molar-refractivity contribution in [1.82, 2.24) is 14.5 Å². The number of anilines is 1. The fraction of sp³-hybridized carbons (Fsp3) is 0.714. The molecular formula is C14H23N5O. The Balaban J connectivity index is 1.75. The first-order valence-electron chi connectivity index (χ1n) is 7.54. The lowest BCUT2D eigenvalue weighted by Gasteiger charge is -2.22. The molecule has 0 amide bonds. The molecule has 1 aliphatic heterocycles. The van der Waals surface area contributed by atoms with Gasteiger partial charge in [0.05, 0.1) is 0 Å². The fourth-order valence-electron chi connectivity index (χ4n) is 2.86. The largest absolute Gasteiger partial charge is 0.351 e. The molecule has 20 heavy (non-hydrogen) atoms. The SMILES string of the molecule is NCCN1CCCN(c2nccn(C3CC3)c2=O)CC1. The van der Waals surface area contributed by atoms with Gasteiger partial charge in [0.2, 0.25) is 0 Å². The Morgan fingerprint density at radius 1 is 1.25 bits per heavy atom. The van der Waals surface area contributed by atoms with Crippen LogP contribution in [0.25, 0.3) is 0 Å². The lowest BCUT2D eigenvalue weighted by atomic mass is 10.3. The van der Waals surface area contributed by atoms with E-state index in [4.69, 9.17) is 5.73 Å². The van der Waals surface area contributed by atoms with Gasteiger partial charge in [-0.15, -0.1) is 0 Å². The molecule has 0 bridgehead atoms. The number of hydrogen-bond donors (Lipinski definition) is 1. The topological polar surface area (TPSA) is 67.4 Å². The Kier molecular flexibility index (Phi) is 4.03. The second kappa shape index (κ2) is 5.93. The summed E-state index contributed by atoms with van der Waals surface area (Å²) in [6.45, 7) is 5.39. The highest BCUT2D eigenvalue weighted by atomic mass is 16.1. The highest BCUT2D eigenvalue weighted by Gasteiger charge is 2.26. The van der Waals surface area contributed by atoms with Crippen LogP contribution in [0.3, 0.4) is 0 Å². The summed E-state index contributed by atoms with van der Waals surface area (Å²) in [5, 5.41) is 0. The molecule has 2 aliphatic rings. The van der Waals surface area contributed by atoms with Crippen molar-refractivity contribution in [2.24, 2.45) is 5.73 Å². The average Bonchev–Trinajstić information content (AvgIpc) is 3.27. The summed E-state index contributed by atoms with van der Waals surface area (Å²) in [5.41, 5.74) is 5.69. The van der Waals surface area contributed by atoms with Gasteiger partial charge in [0.1, 0.15) is 0 Å². The Labute approximate surface area is 119 Å². The van der Waals surface area contributed by atoms with E-state index < -0.39 is 0 Å². The van der Waals surface area contributed by atoms with Gasteiger partial charge in [0, 0.05) is 51.2 Å². The van der Waals surface area contributed by atoms with Gasteiger partial charge in [0.25, 0.3) is 5.56 Å². The van der Waals surface area contributed by atoms with E-state index >= 15 is 0 Å². The van der Waals surface area contributed by atoms with Gasteiger partial charge in [-0.2, -0.15) is 0 Å². The van der Waals surface area contributed by atoms with E-state index in [-0.39, 0.29) is 5.56 Å². The van der Waals surface area contributed by atoms with E-state index in [1.165, 1.54) is 0 Å². The highest BCUT2D eigenvalue weighted by Crippen LogP contribution is 2.33. The minimum absolute atomic E-state index is 0.0716. The van der Waals surface area contributed by atoms with Crippen molar-refractivity contribution in [3.05, 3.63) is 22.7 Å². The summed E-state index contributed by atoms with van der Waals surface area (Å²) < 4.78 is 1.85. The van der Waals surface area contributed by atoms with E-state index in [1.807, 2.05) is 10.8 Å². The van der Waals surface area contributed by atoms with Crippen LogP contribution in [0.2, 0.25) is 0 Å². The van der Waals surface area contributed by atoms with Crippen molar-refractivity contribution in [3.8, 4) is 0 Å². The second-order valence-corrected chi connectivity index (χ2v) is 5.67. The van der Waals surface area contributed by atoms with Crippen LogP contribution >= 0.6 is 0 Å². The number of aromatic nitrogens is 2. The van der Waals surface area contributed by atoms with Crippen LogP contribution in [0.1, 0.15) is 25.3 Å². The van der Waals surface area contributed by atoms with Crippen molar-refractivity contribution >= 4 is 5.82 Å². The van der Waals surface area contributed by atoms with E-state index in [9.17, 15) is 4.79 Å². The van der Waals surface area contributed by atoms with Crippen LogP contribution in [0.4, 0.5) is 5.82 Å². The van der Waals surface area contributed by atoms with Crippen LogP contribution in [0, 0.1) is 0 Å². The smallest absolute Gasteiger partial charge is 0.293 e. The van der Waals surface area contributed by atoms with Gasteiger partial charge in [-0.05, 0) is 25.8 Å². The van der Waals surface area contributed by atoms with Crippen molar-refractivity contribution in [2.45, 2.75) is 25.3 Å². The Hall–Kier alpha value is -1.40. The molecule has 2 fully saturated rings. The Morgan fingerprint density at radius 3 is 2.85 bits per heavy atom. The normalized spacial score (nSPS) is 20.9. The van der Waals surface area contributed by atoms with Crippen LogP contribution in [0.5, 0.6) is 0 Å². The molecule has 2 heterocycles. The molecule has 0 atom stereocenters. The maximum Gasteiger partial charge on any atom is 0.293 e. The molecule has 1 aliphatic carbocycles. The second-order valence-electron chi connectivity index (χ2n) is 5.67. The van der Waals surface area contributed by atoms with Crippen LogP contribution in [-0.2, 0) is 0 Å². The molecule has 1 aromatic heterocycles. The summed E-state index contributed by atoms with van der Waals surface area (Å²) in [6, 6.07) is 0.407. The molecule has 1 aromatic rings. The van der Waals surface area contributed by atoms with Gasteiger partial charge in [-0.25, -0.2) is 4.98 Å². The molecule has 1 saturated carbocycles. The van der Waals surface area contributed by atoms with Crippen molar-refractivity contribution in [2.75, 3.05) is 44.2 Å². The van der Waals surface area contributed by atoms with Gasteiger partial charge < -0.3 is 20.1 Å². The summed E-state index contributed by atoms with van der Waals surface area (Å²) in [7, 11) is 0. The van der Waals surface area contributed by atoms with E-state index in [2.05, 4.69) is 14.8 Å². The number of rotatable bonds is 4. The molecule has 0 spiro atoms. The standard InChI is InChI=1S/C14H23N5O/c15-4-8-17-6-1-7-18(11-10-17)13-14(20)19(9-5-16-13)12-2-3-12/h5,9,12H,1-4,6-8,10-11,15H2.